The molecule has 178 valence electrons. The summed E-state index contributed by atoms with van der Waals surface area (Å²) in [5, 5.41) is 14.2. The lowest BCUT2D eigenvalue weighted by molar-refractivity contribution is -0.123. The molecule has 4 aliphatic carbocycles. The third-order valence-corrected chi connectivity index (χ3v) is 10.4. The van der Waals surface area contributed by atoms with Crippen LogP contribution in [-0.4, -0.2) is 48.3 Å². The molecule has 0 aliphatic heterocycles. The minimum Gasteiger partial charge on any atom is -0.393 e. The summed E-state index contributed by atoms with van der Waals surface area (Å²) >= 11 is 0. The maximum atomic E-state index is 10.2. The average Bonchev–Trinajstić information content (AvgIpc) is 3.02. The van der Waals surface area contributed by atoms with Crippen molar-refractivity contribution in [2.24, 2.45) is 34.5 Å². The van der Waals surface area contributed by atoms with E-state index < -0.39 is 0 Å². The van der Waals surface area contributed by atoms with E-state index in [1.54, 1.807) is 0 Å². The Morgan fingerprint density at radius 3 is 2.23 bits per heavy atom. The second kappa shape index (κ2) is 10.6. The van der Waals surface area contributed by atoms with Gasteiger partial charge in [0.2, 0.25) is 0 Å². The van der Waals surface area contributed by atoms with Crippen LogP contribution in [0.15, 0.2) is 0 Å². The quantitative estimate of drug-likeness (QED) is 0.543. The molecule has 0 bridgehead atoms. The summed E-state index contributed by atoms with van der Waals surface area (Å²) in [6, 6.07) is 0.729. The predicted molar refractivity (Wildman–Crippen MR) is 132 cm³/mol. The summed E-state index contributed by atoms with van der Waals surface area (Å²) in [6.45, 7) is 14.5. The topological polar surface area (TPSA) is 35.5 Å². The van der Waals surface area contributed by atoms with Gasteiger partial charge in [-0.05, 0) is 105 Å². The van der Waals surface area contributed by atoms with E-state index in [2.05, 4.69) is 37.9 Å². The van der Waals surface area contributed by atoms with Gasteiger partial charge in [0.05, 0.1) is 6.10 Å². The van der Waals surface area contributed by atoms with E-state index >= 15 is 0 Å². The summed E-state index contributed by atoms with van der Waals surface area (Å²) < 4.78 is 0. The van der Waals surface area contributed by atoms with Crippen LogP contribution in [0, 0.1) is 34.5 Å². The molecule has 5 heteroatoms. The molecule has 0 aromatic carbocycles. The molecule has 4 aliphatic rings. The van der Waals surface area contributed by atoms with Gasteiger partial charge in [-0.1, -0.05) is 27.7 Å². The molecule has 3 nitrogen and oxygen atoms in total. The fraction of sp³-hybridized carbons (Fsp3) is 1.00. The van der Waals surface area contributed by atoms with Gasteiger partial charge in [0.15, 0.2) is 0 Å². The van der Waals surface area contributed by atoms with Crippen molar-refractivity contribution in [1.29, 1.82) is 0 Å². The highest BCUT2D eigenvalue weighted by atomic mass is 35.5. The molecule has 8 atom stereocenters. The van der Waals surface area contributed by atoms with Crippen LogP contribution in [0.25, 0.3) is 0 Å². The summed E-state index contributed by atoms with van der Waals surface area (Å²) in [6.07, 6.45) is 11.9. The fourth-order valence-corrected chi connectivity index (χ4v) is 8.51. The van der Waals surface area contributed by atoms with E-state index in [0.29, 0.717) is 10.8 Å². The second-order valence-electron chi connectivity index (χ2n) is 11.2. The van der Waals surface area contributed by atoms with Gasteiger partial charge >= 0.3 is 0 Å². The van der Waals surface area contributed by atoms with Crippen LogP contribution < -0.4 is 5.32 Å². The molecule has 4 rings (SSSR count). The number of halogens is 2. The highest BCUT2D eigenvalue weighted by Crippen LogP contribution is 2.66. The van der Waals surface area contributed by atoms with Gasteiger partial charge in [-0.2, -0.15) is 0 Å². The standard InChI is InChI=1S/C25H46N2O.2ClH/c1-5-27(6-2)16-15-26-23-10-9-21-20-8-7-18-17-19(28)11-13-24(18,3)22(20)12-14-25(21,23)4;;/h18-23,26,28H,5-17H2,1-4H3;2*1H/t18-,19-,20-,21-,22-,23-,24-,25-;;/m0../s1. The highest BCUT2D eigenvalue weighted by molar-refractivity contribution is 5.85. The third kappa shape index (κ3) is 4.58. The maximum Gasteiger partial charge on any atom is 0.0543 e. The van der Waals surface area contributed by atoms with E-state index in [-0.39, 0.29) is 30.9 Å². The fourth-order valence-electron chi connectivity index (χ4n) is 8.51. The van der Waals surface area contributed by atoms with E-state index in [4.69, 9.17) is 0 Å². The SMILES string of the molecule is CCN(CC)CCN[C@H]1CC[C@H]2[C@@H]3CC[C@H]4C[C@@H](O)CC[C@]4(C)[C@H]3CC[C@]12C.Cl.Cl. The molecule has 0 saturated heterocycles. The molecular weight excluding hydrogens is 415 g/mol. The molecule has 0 aromatic rings. The first-order valence-corrected chi connectivity index (χ1v) is 12.6. The Hall–Kier alpha value is 0.460. The first kappa shape index (κ1) is 26.7. The predicted octanol–water partition coefficient (Wildman–Crippen LogP) is 5.53. The molecule has 0 spiro atoms. The van der Waals surface area contributed by atoms with Gasteiger partial charge in [0.25, 0.3) is 0 Å². The molecule has 0 aromatic heterocycles. The van der Waals surface area contributed by atoms with Gasteiger partial charge in [-0.25, -0.2) is 0 Å². The number of hydrogen-bond acceptors (Lipinski definition) is 3. The molecule has 0 amide bonds. The third-order valence-electron chi connectivity index (χ3n) is 10.4. The number of aliphatic hydroxyl groups excluding tert-OH is 1. The summed E-state index contributed by atoms with van der Waals surface area (Å²) in [5.41, 5.74) is 1.03. The normalized spacial score (nSPS) is 45.0. The van der Waals surface area contributed by atoms with Crippen LogP contribution in [-0.2, 0) is 0 Å². The molecule has 30 heavy (non-hydrogen) atoms. The first-order chi connectivity index (χ1) is 13.4. The van der Waals surface area contributed by atoms with Crippen LogP contribution in [0.1, 0.15) is 85.5 Å². The molecular formula is C25H48Cl2N2O. The van der Waals surface area contributed by atoms with Crippen molar-refractivity contribution in [3.8, 4) is 0 Å². The summed E-state index contributed by atoms with van der Waals surface area (Å²) in [4.78, 5) is 2.54. The molecule has 4 saturated carbocycles. The smallest absolute Gasteiger partial charge is 0.0543 e. The lowest BCUT2D eigenvalue weighted by Gasteiger charge is -2.61. The van der Waals surface area contributed by atoms with Crippen molar-refractivity contribution in [3.63, 3.8) is 0 Å². The molecule has 0 radical (unpaired) electrons. The minimum absolute atomic E-state index is 0. The Balaban J connectivity index is 0.00000160. The molecule has 4 fully saturated rings. The lowest BCUT2D eigenvalue weighted by Crippen LogP contribution is -2.56. The monoisotopic (exact) mass is 462 g/mol. The van der Waals surface area contributed by atoms with Crippen LogP contribution in [0.5, 0.6) is 0 Å². The van der Waals surface area contributed by atoms with E-state index in [1.807, 2.05) is 0 Å². The number of nitrogens with zero attached hydrogens (tertiary/aromatic N) is 1. The van der Waals surface area contributed by atoms with Crippen LogP contribution in [0.3, 0.4) is 0 Å². The summed E-state index contributed by atoms with van der Waals surface area (Å²) in [5.74, 6) is 3.59. The second-order valence-corrected chi connectivity index (χ2v) is 11.2. The average molecular weight is 464 g/mol. The number of rotatable bonds is 6. The maximum absolute atomic E-state index is 10.2. The van der Waals surface area contributed by atoms with Gasteiger partial charge in [0.1, 0.15) is 0 Å². The largest absolute Gasteiger partial charge is 0.393 e. The lowest BCUT2D eigenvalue weighted by atomic mass is 9.45. The van der Waals surface area contributed by atoms with Crippen molar-refractivity contribution >= 4 is 24.8 Å². The summed E-state index contributed by atoms with van der Waals surface area (Å²) in [7, 11) is 0. The van der Waals surface area contributed by atoms with Crippen molar-refractivity contribution in [2.75, 3.05) is 26.2 Å². The Morgan fingerprint density at radius 1 is 0.867 bits per heavy atom. The van der Waals surface area contributed by atoms with Crippen molar-refractivity contribution in [2.45, 2.75) is 97.6 Å². The van der Waals surface area contributed by atoms with Gasteiger partial charge in [0, 0.05) is 19.1 Å². The zero-order valence-electron chi connectivity index (χ0n) is 19.9. The first-order valence-electron chi connectivity index (χ1n) is 12.6. The Bertz CT molecular complexity index is 545. The molecule has 2 N–H and O–H groups in total. The van der Waals surface area contributed by atoms with Crippen molar-refractivity contribution in [1.82, 2.24) is 10.2 Å². The number of fused-ring (bicyclic) bond motifs is 5. The van der Waals surface area contributed by atoms with Gasteiger partial charge < -0.3 is 15.3 Å². The number of nitrogens with one attached hydrogen (secondary N) is 1. The Kier molecular flexibility index (Phi) is 9.43. The molecule has 0 unspecified atom stereocenters. The number of likely N-dealkylation sites (N-methyl/N-ethyl adjacent to an activating group) is 1. The molecule has 0 heterocycles. The Labute approximate surface area is 198 Å². The van der Waals surface area contributed by atoms with Gasteiger partial charge in [-0.15, -0.1) is 24.8 Å². The van der Waals surface area contributed by atoms with E-state index in [9.17, 15) is 5.11 Å². The zero-order chi connectivity index (χ0) is 19.9. The zero-order valence-corrected chi connectivity index (χ0v) is 21.5. The number of aliphatic hydroxyl groups is 1. The van der Waals surface area contributed by atoms with E-state index in [1.165, 1.54) is 64.6 Å². The number of hydrogen-bond donors (Lipinski definition) is 2. The van der Waals surface area contributed by atoms with Crippen LogP contribution in [0.2, 0.25) is 0 Å². The highest BCUT2D eigenvalue weighted by Gasteiger charge is 2.59. The van der Waals surface area contributed by atoms with Gasteiger partial charge in [-0.3, -0.25) is 0 Å². The van der Waals surface area contributed by atoms with Crippen LogP contribution in [0.4, 0.5) is 0 Å². The Morgan fingerprint density at radius 2 is 1.53 bits per heavy atom. The van der Waals surface area contributed by atoms with Crippen molar-refractivity contribution in [3.05, 3.63) is 0 Å². The minimum atomic E-state index is -0.0191. The van der Waals surface area contributed by atoms with Crippen LogP contribution >= 0.6 is 24.8 Å². The van der Waals surface area contributed by atoms with E-state index in [0.717, 1.165) is 49.1 Å². The van der Waals surface area contributed by atoms with Crippen molar-refractivity contribution < 1.29 is 5.11 Å².